The predicted molar refractivity (Wildman–Crippen MR) is 129 cm³/mol. The van der Waals surface area contributed by atoms with E-state index in [0.717, 1.165) is 38.1 Å². The molecule has 1 saturated carbocycles. The zero-order valence-electron chi connectivity index (χ0n) is 19.8. The van der Waals surface area contributed by atoms with E-state index in [4.69, 9.17) is 0 Å². The maximum atomic E-state index is 14.5. The average molecular weight is 513 g/mol. The molecular weight excluding hydrogens is 490 g/mol. The van der Waals surface area contributed by atoms with Gasteiger partial charge in [0.05, 0.1) is 22.5 Å². The lowest BCUT2D eigenvalue weighted by atomic mass is 10.1. The summed E-state index contributed by atoms with van der Waals surface area (Å²) in [6.07, 6.45) is 2.66. The third-order valence-electron chi connectivity index (χ3n) is 6.69. The number of aromatic nitrogens is 4. The minimum atomic E-state index is -4.78. The summed E-state index contributed by atoms with van der Waals surface area (Å²) in [6.45, 7) is 3.12. The van der Waals surface area contributed by atoms with Crippen LogP contribution in [0.4, 0.5) is 28.9 Å². The first-order chi connectivity index (χ1) is 17.7. The number of benzene rings is 1. The van der Waals surface area contributed by atoms with Gasteiger partial charge >= 0.3 is 6.18 Å². The van der Waals surface area contributed by atoms with E-state index < -0.39 is 23.7 Å². The molecule has 1 atom stereocenters. The van der Waals surface area contributed by atoms with Crippen molar-refractivity contribution in [3.63, 3.8) is 0 Å². The lowest BCUT2D eigenvalue weighted by Crippen LogP contribution is -2.34. The first-order valence-electron chi connectivity index (χ1n) is 12.0. The van der Waals surface area contributed by atoms with Crippen LogP contribution in [0, 0.1) is 12.7 Å². The molecule has 192 valence electrons. The van der Waals surface area contributed by atoms with Crippen molar-refractivity contribution in [2.45, 2.75) is 44.4 Å². The number of pyridine rings is 1. The normalized spacial score (nSPS) is 18.2. The van der Waals surface area contributed by atoms with Crippen LogP contribution in [0.1, 0.15) is 41.1 Å². The van der Waals surface area contributed by atoms with E-state index in [9.17, 15) is 22.4 Å². The van der Waals surface area contributed by atoms with Crippen LogP contribution in [0.3, 0.4) is 0 Å². The number of alkyl halides is 3. The summed E-state index contributed by atoms with van der Waals surface area (Å²) < 4.78 is 56.4. The lowest BCUT2D eigenvalue weighted by Gasteiger charge is -2.22. The number of amides is 1. The van der Waals surface area contributed by atoms with Crippen LogP contribution in [0.5, 0.6) is 0 Å². The van der Waals surface area contributed by atoms with Crippen LogP contribution in [-0.2, 0) is 6.18 Å². The SMILES string of the molecule is Cc1cn2cc(NC(=O)c3ccc(N4CCC(NC5CC5)C4)c4cnc(C(F)(F)F)nc34)cc(F)c2n1. The maximum absolute atomic E-state index is 14.5. The molecule has 0 spiro atoms. The van der Waals surface area contributed by atoms with E-state index in [1.54, 1.807) is 19.2 Å². The summed E-state index contributed by atoms with van der Waals surface area (Å²) in [5.74, 6) is -2.69. The zero-order chi connectivity index (χ0) is 25.9. The minimum Gasteiger partial charge on any atom is -0.369 e. The predicted octanol–water partition coefficient (Wildman–Crippen LogP) is 4.33. The first-order valence-corrected chi connectivity index (χ1v) is 12.0. The van der Waals surface area contributed by atoms with Gasteiger partial charge in [0.15, 0.2) is 11.5 Å². The standard InChI is InChI=1S/C25H23F4N7O/c1-13-10-36-12-16(8-19(26)22(36)31-13)33-23(37)17-4-5-20(35-7-6-15(11-35)32-14-2-3-14)18-9-30-24(25(27,28)29)34-21(17)18/h4-5,8-10,12,14-15,32H,2-3,6-7,11H2,1H3,(H,33,37). The Morgan fingerprint density at radius 2 is 1.92 bits per heavy atom. The Morgan fingerprint density at radius 3 is 2.68 bits per heavy atom. The molecule has 37 heavy (non-hydrogen) atoms. The molecule has 1 saturated heterocycles. The van der Waals surface area contributed by atoms with E-state index in [1.807, 2.05) is 0 Å². The second-order valence-corrected chi connectivity index (χ2v) is 9.60. The Labute approximate surface area is 208 Å². The van der Waals surface area contributed by atoms with Crippen molar-refractivity contribution in [1.29, 1.82) is 0 Å². The van der Waals surface area contributed by atoms with Crippen molar-refractivity contribution >= 4 is 33.8 Å². The van der Waals surface area contributed by atoms with Crippen molar-refractivity contribution in [3.8, 4) is 0 Å². The number of imidazole rings is 1. The van der Waals surface area contributed by atoms with Crippen LogP contribution < -0.4 is 15.5 Å². The molecule has 12 heteroatoms. The van der Waals surface area contributed by atoms with Crippen molar-refractivity contribution in [1.82, 2.24) is 24.7 Å². The number of nitrogens with one attached hydrogen (secondary N) is 2. The lowest BCUT2D eigenvalue weighted by molar-refractivity contribution is -0.144. The second-order valence-electron chi connectivity index (χ2n) is 9.60. The fourth-order valence-electron chi connectivity index (χ4n) is 4.85. The molecule has 6 rings (SSSR count). The van der Waals surface area contributed by atoms with Gasteiger partial charge in [0.1, 0.15) is 0 Å². The Kier molecular flexibility index (Phi) is 5.51. The van der Waals surface area contributed by atoms with E-state index in [1.165, 1.54) is 16.7 Å². The van der Waals surface area contributed by atoms with Crippen molar-refractivity contribution < 1.29 is 22.4 Å². The first kappa shape index (κ1) is 23.6. The average Bonchev–Trinajstić information content (AvgIpc) is 3.39. The molecule has 4 heterocycles. The second kappa shape index (κ2) is 8.65. The number of fused-ring (bicyclic) bond motifs is 2. The van der Waals surface area contributed by atoms with Gasteiger partial charge in [-0.05, 0) is 38.3 Å². The smallest absolute Gasteiger partial charge is 0.369 e. The molecule has 0 radical (unpaired) electrons. The van der Waals surface area contributed by atoms with Gasteiger partial charge in [-0.3, -0.25) is 4.79 Å². The Balaban J connectivity index is 1.37. The molecule has 2 N–H and O–H groups in total. The highest BCUT2D eigenvalue weighted by molar-refractivity contribution is 6.13. The third kappa shape index (κ3) is 4.57. The fourth-order valence-corrected chi connectivity index (χ4v) is 4.85. The van der Waals surface area contributed by atoms with Gasteiger partial charge in [-0.25, -0.2) is 19.3 Å². The van der Waals surface area contributed by atoms with E-state index in [2.05, 4.69) is 30.5 Å². The van der Waals surface area contributed by atoms with Crippen molar-refractivity contribution in [3.05, 3.63) is 59.7 Å². The number of carbonyl (C=O) groups is 1. The van der Waals surface area contributed by atoms with Crippen molar-refractivity contribution in [2.75, 3.05) is 23.3 Å². The van der Waals surface area contributed by atoms with Crippen LogP contribution in [-0.4, -0.2) is 50.4 Å². The maximum Gasteiger partial charge on any atom is 0.451 e. The van der Waals surface area contributed by atoms with Gasteiger partial charge in [0, 0.05) is 60.9 Å². The summed E-state index contributed by atoms with van der Waals surface area (Å²) in [5.41, 5.74) is 1.31. The van der Waals surface area contributed by atoms with Gasteiger partial charge in [-0.2, -0.15) is 13.2 Å². The number of hydrogen-bond donors (Lipinski definition) is 2. The van der Waals surface area contributed by atoms with E-state index in [0.29, 0.717) is 29.4 Å². The Hall–Kier alpha value is -3.80. The van der Waals surface area contributed by atoms with Crippen LogP contribution in [0.15, 0.2) is 36.8 Å². The van der Waals surface area contributed by atoms with Gasteiger partial charge in [-0.15, -0.1) is 0 Å². The molecule has 4 aromatic rings. The topological polar surface area (TPSA) is 87.5 Å². The van der Waals surface area contributed by atoms with Gasteiger partial charge in [0.2, 0.25) is 5.82 Å². The number of carbonyl (C=O) groups excluding carboxylic acids is 1. The molecule has 1 amide bonds. The summed E-state index contributed by atoms with van der Waals surface area (Å²) in [6, 6.07) is 5.11. The van der Waals surface area contributed by atoms with Gasteiger partial charge in [0.25, 0.3) is 5.91 Å². The summed E-state index contributed by atoms with van der Waals surface area (Å²) in [4.78, 5) is 26.7. The Morgan fingerprint density at radius 1 is 1.11 bits per heavy atom. The third-order valence-corrected chi connectivity index (χ3v) is 6.69. The van der Waals surface area contributed by atoms with Gasteiger partial charge < -0.3 is 19.9 Å². The van der Waals surface area contributed by atoms with E-state index >= 15 is 0 Å². The number of hydrogen-bond acceptors (Lipinski definition) is 6. The summed E-state index contributed by atoms with van der Waals surface area (Å²) in [7, 11) is 0. The van der Waals surface area contributed by atoms with Crippen molar-refractivity contribution in [2.24, 2.45) is 0 Å². The minimum absolute atomic E-state index is 0.0687. The number of halogens is 4. The summed E-state index contributed by atoms with van der Waals surface area (Å²) >= 11 is 0. The van der Waals surface area contributed by atoms with Crippen LogP contribution in [0.25, 0.3) is 16.6 Å². The number of aryl methyl sites for hydroxylation is 1. The Bertz CT molecular complexity index is 1530. The zero-order valence-corrected chi connectivity index (χ0v) is 19.8. The highest BCUT2D eigenvalue weighted by Crippen LogP contribution is 2.34. The number of nitrogens with zero attached hydrogens (tertiary/aromatic N) is 5. The molecule has 0 bridgehead atoms. The van der Waals surface area contributed by atoms with E-state index in [-0.39, 0.29) is 28.5 Å². The molecular formula is C25H23F4N7O. The molecule has 2 fully saturated rings. The molecule has 1 unspecified atom stereocenters. The van der Waals surface area contributed by atoms with Crippen LogP contribution in [0.2, 0.25) is 0 Å². The largest absolute Gasteiger partial charge is 0.451 e. The van der Waals surface area contributed by atoms with Crippen LogP contribution >= 0.6 is 0 Å². The molecule has 1 aromatic carbocycles. The molecule has 3 aromatic heterocycles. The molecule has 1 aliphatic carbocycles. The highest BCUT2D eigenvalue weighted by atomic mass is 19.4. The molecule has 8 nitrogen and oxygen atoms in total. The number of anilines is 2. The monoisotopic (exact) mass is 513 g/mol. The van der Waals surface area contributed by atoms with Gasteiger partial charge in [-0.1, -0.05) is 0 Å². The summed E-state index contributed by atoms with van der Waals surface area (Å²) in [5, 5.41) is 6.51. The number of rotatable bonds is 5. The molecule has 1 aliphatic heterocycles. The highest BCUT2D eigenvalue weighted by Gasteiger charge is 2.36. The molecule has 2 aliphatic rings. The fraction of sp³-hybridized carbons (Fsp3) is 0.360. The quantitative estimate of drug-likeness (QED) is 0.387.